The summed E-state index contributed by atoms with van der Waals surface area (Å²) < 4.78 is 11.0. The molecule has 0 saturated carbocycles. The number of benzene rings is 3. The first-order chi connectivity index (χ1) is 17.0. The van der Waals surface area contributed by atoms with Gasteiger partial charge in [0.2, 0.25) is 5.91 Å². The van der Waals surface area contributed by atoms with Crippen LogP contribution in [0.15, 0.2) is 84.9 Å². The Balaban J connectivity index is 1.50. The maximum atomic E-state index is 12.9. The molecule has 0 bridgehead atoms. The molecule has 0 aromatic heterocycles. The van der Waals surface area contributed by atoms with E-state index in [1.165, 1.54) is 0 Å². The molecule has 3 aromatic carbocycles. The number of carbonyl (C=O) groups excluding carboxylic acids is 2. The van der Waals surface area contributed by atoms with Crippen molar-refractivity contribution in [3.8, 4) is 5.75 Å². The van der Waals surface area contributed by atoms with Crippen molar-refractivity contribution in [3.63, 3.8) is 0 Å². The Kier molecular flexibility index (Phi) is 9.68. The fourth-order valence-corrected chi connectivity index (χ4v) is 3.37. The zero-order chi connectivity index (χ0) is 24.9. The van der Waals surface area contributed by atoms with Crippen molar-refractivity contribution >= 4 is 17.8 Å². The molecule has 5 N–H and O–H groups in total. The topological polar surface area (TPSA) is 127 Å². The van der Waals surface area contributed by atoms with E-state index in [4.69, 9.17) is 20.6 Å². The molecule has 8 nitrogen and oxygen atoms in total. The SMILES string of the molecule is N=C(N)c1ccccc1OCCCNC(=O)[C@@H](Cc1ccccc1)NC(=O)OCc1ccccc1. The van der Waals surface area contributed by atoms with Crippen LogP contribution in [-0.4, -0.2) is 37.0 Å². The Morgan fingerprint density at radius 2 is 1.51 bits per heavy atom. The Morgan fingerprint density at radius 3 is 2.20 bits per heavy atom. The van der Waals surface area contributed by atoms with Crippen molar-refractivity contribution < 1.29 is 19.1 Å². The van der Waals surface area contributed by atoms with Crippen molar-refractivity contribution in [2.24, 2.45) is 5.73 Å². The first-order valence-electron chi connectivity index (χ1n) is 11.4. The Bertz CT molecular complexity index is 1110. The molecule has 3 aromatic rings. The molecule has 0 aliphatic carbocycles. The van der Waals surface area contributed by atoms with E-state index in [1.807, 2.05) is 60.7 Å². The van der Waals surface area contributed by atoms with Crippen LogP contribution in [0.2, 0.25) is 0 Å². The zero-order valence-electron chi connectivity index (χ0n) is 19.4. The second kappa shape index (κ2) is 13.4. The Morgan fingerprint density at radius 1 is 0.886 bits per heavy atom. The molecule has 0 radical (unpaired) electrons. The minimum atomic E-state index is -0.792. The number of amidine groups is 1. The normalized spacial score (nSPS) is 11.2. The maximum absolute atomic E-state index is 12.9. The van der Waals surface area contributed by atoms with Gasteiger partial charge in [-0.2, -0.15) is 0 Å². The van der Waals surface area contributed by atoms with Crippen molar-refractivity contribution in [2.75, 3.05) is 13.2 Å². The molecule has 35 heavy (non-hydrogen) atoms. The Hall–Kier alpha value is -4.33. The number of rotatable bonds is 12. The summed E-state index contributed by atoms with van der Waals surface area (Å²) in [6.07, 6.45) is 0.207. The van der Waals surface area contributed by atoms with Gasteiger partial charge in [-0.25, -0.2) is 4.79 Å². The molecule has 8 heteroatoms. The number of amides is 2. The third-order valence-corrected chi connectivity index (χ3v) is 5.16. The number of nitrogens with one attached hydrogen (secondary N) is 3. The van der Waals surface area contributed by atoms with E-state index in [2.05, 4.69) is 10.6 Å². The summed E-state index contributed by atoms with van der Waals surface area (Å²) in [7, 11) is 0. The van der Waals surface area contributed by atoms with Crippen molar-refractivity contribution in [1.29, 1.82) is 5.41 Å². The van der Waals surface area contributed by atoms with Crippen molar-refractivity contribution in [3.05, 3.63) is 102 Å². The lowest BCUT2D eigenvalue weighted by Gasteiger charge is -2.19. The average molecular weight is 475 g/mol. The molecule has 0 aliphatic rings. The molecule has 2 amide bonds. The molecule has 0 unspecified atom stereocenters. The minimum Gasteiger partial charge on any atom is -0.493 e. The number of hydrogen-bond acceptors (Lipinski definition) is 5. The molecule has 1 atom stereocenters. The van der Waals surface area contributed by atoms with Crippen LogP contribution in [0, 0.1) is 5.41 Å². The van der Waals surface area contributed by atoms with Crippen LogP contribution in [0.25, 0.3) is 0 Å². The van der Waals surface area contributed by atoms with Gasteiger partial charge in [-0.3, -0.25) is 10.2 Å². The molecule has 182 valence electrons. The van der Waals surface area contributed by atoms with Crippen LogP contribution >= 0.6 is 0 Å². The molecule has 0 spiro atoms. The van der Waals surface area contributed by atoms with Gasteiger partial charge in [-0.1, -0.05) is 72.8 Å². The first-order valence-corrected chi connectivity index (χ1v) is 11.4. The standard InChI is InChI=1S/C27H30N4O4/c28-25(29)22-14-7-8-15-24(22)34-17-9-16-30-26(32)23(18-20-10-3-1-4-11-20)31-27(33)35-19-21-12-5-2-6-13-21/h1-8,10-15,23H,9,16-19H2,(H3,28,29)(H,30,32)(H,31,33)/t23-/m1/s1. The number of para-hydroxylation sites is 1. The summed E-state index contributed by atoms with van der Waals surface area (Å²) in [5.41, 5.74) is 7.88. The van der Waals surface area contributed by atoms with Crippen LogP contribution in [0.4, 0.5) is 4.79 Å². The smallest absolute Gasteiger partial charge is 0.408 e. The van der Waals surface area contributed by atoms with E-state index < -0.39 is 12.1 Å². The summed E-state index contributed by atoms with van der Waals surface area (Å²) in [6, 6.07) is 25.1. The second-order valence-electron chi connectivity index (χ2n) is 7.85. The highest BCUT2D eigenvalue weighted by atomic mass is 16.5. The van der Waals surface area contributed by atoms with Gasteiger partial charge >= 0.3 is 6.09 Å². The number of nitrogen functional groups attached to an aromatic ring is 1. The monoisotopic (exact) mass is 474 g/mol. The van der Waals surface area contributed by atoms with E-state index in [0.717, 1.165) is 11.1 Å². The lowest BCUT2D eigenvalue weighted by atomic mass is 10.1. The van der Waals surface area contributed by atoms with Gasteiger partial charge in [0.1, 0.15) is 24.2 Å². The van der Waals surface area contributed by atoms with E-state index >= 15 is 0 Å². The molecule has 0 aliphatic heterocycles. The predicted octanol–water partition coefficient (Wildman–Crippen LogP) is 3.39. The maximum Gasteiger partial charge on any atom is 0.408 e. The lowest BCUT2D eigenvalue weighted by molar-refractivity contribution is -0.123. The molecular weight excluding hydrogens is 444 g/mol. The average Bonchev–Trinajstić information content (AvgIpc) is 2.88. The van der Waals surface area contributed by atoms with E-state index in [1.54, 1.807) is 24.3 Å². The lowest BCUT2D eigenvalue weighted by Crippen LogP contribution is -2.48. The van der Waals surface area contributed by atoms with Crippen LogP contribution in [0.5, 0.6) is 5.75 Å². The van der Waals surface area contributed by atoms with Crippen LogP contribution in [0.1, 0.15) is 23.1 Å². The van der Waals surface area contributed by atoms with Gasteiger partial charge < -0.3 is 25.8 Å². The number of alkyl carbamates (subject to hydrolysis) is 1. The second-order valence-corrected chi connectivity index (χ2v) is 7.85. The van der Waals surface area contributed by atoms with E-state index in [9.17, 15) is 9.59 Å². The molecular formula is C27H30N4O4. The fraction of sp³-hybridized carbons (Fsp3) is 0.222. The van der Waals surface area contributed by atoms with Crippen LogP contribution in [0.3, 0.4) is 0 Å². The van der Waals surface area contributed by atoms with E-state index in [0.29, 0.717) is 37.3 Å². The summed E-state index contributed by atoms with van der Waals surface area (Å²) in [4.78, 5) is 25.2. The highest BCUT2D eigenvalue weighted by molar-refractivity contribution is 5.97. The zero-order valence-corrected chi connectivity index (χ0v) is 19.4. The summed E-state index contributed by atoms with van der Waals surface area (Å²) in [6.45, 7) is 0.805. The number of nitrogens with two attached hydrogens (primary N) is 1. The summed E-state index contributed by atoms with van der Waals surface area (Å²) >= 11 is 0. The first kappa shape index (κ1) is 25.3. The number of hydrogen-bond donors (Lipinski definition) is 4. The van der Waals surface area contributed by atoms with Gasteiger partial charge in [0.15, 0.2) is 0 Å². The van der Waals surface area contributed by atoms with Crippen LogP contribution < -0.4 is 21.1 Å². The molecule has 0 fully saturated rings. The van der Waals surface area contributed by atoms with Gasteiger partial charge in [0, 0.05) is 13.0 Å². The third-order valence-electron chi connectivity index (χ3n) is 5.16. The van der Waals surface area contributed by atoms with Crippen LogP contribution in [-0.2, 0) is 22.6 Å². The molecule has 0 saturated heterocycles. The van der Waals surface area contributed by atoms with Gasteiger partial charge in [0.25, 0.3) is 0 Å². The predicted molar refractivity (Wildman–Crippen MR) is 134 cm³/mol. The summed E-state index contributed by atoms with van der Waals surface area (Å²) in [5.74, 6) is 0.147. The van der Waals surface area contributed by atoms with E-state index in [-0.39, 0.29) is 18.3 Å². The van der Waals surface area contributed by atoms with Gasteiger partial charge in [-0.05, 0) is 29.7 Å². The number of carbonyl (C=O) groups is 2. The fourth-order valence-electron chi connectivity index (χ4n) is 3.37. The van der Waals surface area contributed by atoms with Gasteiger partial charge in [-0.15, -0.1) is 0 Å². The quantitative estimate of drug-likeness (QED) is 0.182. The van der Waals surface area contributed by atoms with Crippen molar-refractivity contribution in [1.82, 2.24) is 10.6 Å². The molecule has 3 rings (SSSR count). The van der Waals surface area contributed by atoms with Crippen molar-refractivity contribution in [2.45, 2.75) is 25.5 Å². The highest BCUT2D eigenvalue weighted by Gasteiger charge is 2.22. The van der Waals surface area contributed by atoms with Gasteiger partial charge in [0.05, 0.1) is 12.2 Å². The number of ether oxygens (including phenoxy) is 2. The largest absolute Gasteiger partial charge is 0.493 e. The molecule has 0 heterocycles. The highest BCUT2D eigenvalue weighted by Crippen LogP contribution is 2.17. The summed E-state index contributed by atoms with van der Waals surface area (Å²) in [5, 5.41) is 13.1. The third kappa shape index (κ3) is 8.51. The minimum absolute atomic E-state index is 0.0668. The Labute approximate surface area is 205 Å².